The summed E-state index contributed by atoms with van der Waals surface area (Å²) in [7, 11) is 0. The van der Waals surface area contributed by atoms with E-state index in [-0.39, 0.29) is 11.3 Å². The van der Waals surface area contributed by atoms with E-state index in [2.05, 4.69) is 9.97 Å². The van der Waals surface area contributed by atoms with Gasteiger partial charge in [0.2, 0.25) is 0 Å². The minimum atomic E-state index is -1.36. The van der Waals surface area contributed by atoms with Crippen molar-refractivity contribution in [2.75, 3.05) is 0 Å². The van der Waals surface area contributed by atoms with Crippen LogP contribution < -0.4 is 4.74 Å². The zero-order valence-corrected chi connectivity index (χ0v) is 10.3. The summed E-state index contributed by atoms with van der Waals surface area (Å²) < 4.78 is 5.16. The van der Waals surface area contributed by atoms with E-state index in [0.29, 0.717) is 0 Å². The summed E-state index contributed by atoms with van der Waals surface area (Å²) in [6.45, 7) is 0. The number of nitrogens with zero attached hydrogens (tertiary/aromatic N) is 4. The maximum absolute atomic E-state index is 11.0. The molecule has 0 saturated heterocycles. The second kappa shape index (κ2) is 5.62. The first-order valence-corrected chi connectivity index (χ1v) is 5.44. The second-order valence-corrected chi connectivity index (χ2v) is 3.64. The van der Waals surface area contributed by atoms with Crippen molar-refractivity contribution in [2.45, 2.75) is 0 Å². The molecule has 104 valence electrons. The van der Waals surface area contributed by atoms with Crippen LogP contribution in [0.2, 0.25) is 0 Å². The van der Waals surface area contributed by atoms with E-state index in [1.165, 1.54) is 18.3 Å². The van der Waals surface area contributed by atoms with Crippen molar-refractivity contribution in [1.29, 1.82) is 5.26 Å². The highest BCUT2D eigenvalue weighted by molar-refractivity contribution is 5.88. The summed E-state index contributed by atoms with van der Waals surface area (Å²) in [4.78, 5) is 28.5. The van der Waals surface area contributed by atoms with Crippen LogP contribution in [0.1, 0.15) is 16.1 Å². The lowest BCUT2D eigenvalue weighted by Gasteiger charge is -2.07. The third kappa shape index (κ3) is 2.74. The van der Waals surface area contributed by atoms with Crippen LogP contribution in [0.5, 0.6) is 11.6 Å². The van der Waals surface area contributed by atoms with Gasteiger partial charge in [-0.1, -0.05) is 0 Å². The molecule has 0 aromatic carbocycles. The molecule has 0 unspecified atom stereocenters. The maximum atomic E-state index is 11.0. The quantitative estimate of drug-likeness (QED) is 0.662. The molecule has 9 nitrogen and oxygen atoms in total. The van der Waals surface area contributed by atoms with E-state index in [0.717, 1.165) is 12.3 Å². The van der Waals surface area contributed by atoms with Crippen LogP contribution in [-0.4, -0.2) is 26.0 Å². The number of nitro groups is 1. The van der Waals surface area contributed by atoms with Crippen molar-refractivity contribution in [3.63, 3.8) is 0 Å². The molecule has 2 aromatic heterocycles. The van der Waals surface area contributed by atoms with Gasteiger partial charge in [-0.15, -0.1) is 0 Å². The topological polar surface area (TPSA) is 139 Å². The number of pyridine rings is 2. The van der Waals surface area contributed by atoms with Crippen molar-refractivity contribution in [1.82, 2.24) is 9.97 Å². The molecule has 2 heterocycles. The molecule has 0 aliphatic carbocycles. The SMILES string of the molecule is N#Cc1ccnc(Oc2cccnc2C(=O)O)c1[N+](=O)[O-]. The van der Waals surface area contributed by atoms with Crippen molar-refractivity contribution in [3.05, 3.63) is 52.0 Å². The highest BCUT2D eigenvalue weighted by Crippen LogP contribution is 2.32. The van der Waals surface area contributed by atoms with Gasteiger partial charge in [0.05, 0.1) is 4.92 Å². The van der Waals surface area contributed by atoms with Gasteiger partial charge in [0.1, 0.15) is 11.6 Å². The summed E-state index contributed by atoms with van der Waals surface area (Å²) >= 11 is 0. The van der Waals surface area contributed by atoms with Crippen LogP contribution in [0.3, 0.4) is 0 Å². The normalized spacial score (nSPS) is 9.67. The number of carbonyl (C=O) groups is 1. The Balaban J connectivity index is 2.53. The smallest absolute Gasteiger partial charge is 0.358 e. The summed E-state index contributed by atoms with van der Waals surface area (Å²) in [6.07, 6.45) is 2.39. The molecule has 0 fully saturated rings. The van der Waals surface area contributed by atoms with Gasteiger partial charge >= 0.3 is 17.5 Å². The van der Waals surface area contributed by atoms with Gasteiger partial charge in [0, 0.05) is 12.4 Å². The van der Waals surface area contributed by atoms with Crippen molar-refractivity contribution >= 4 is 11.7 Å². The molecule has 21 heavy (non-hydrogen) atoms. The molecule has 2 rings (SSSR count). The number of nitriles is 1. The first kappa shape index (κ1) is 13.9. The van der Waals surface area contributed by atoms with Gasteiger partial charge in [-0.2, -0.15) is 5.26 Å². The number of hydrogen-bond acceptors (Lipinski definition) is 7. The average Bonchev–Trinajstić information content (AvgIpc) is 2.47. The first-order chi connectivity index (χ1) is 10.0. The molecular formula is C12H6N4O5. The predicted octanol–water partition coefficient (Wildman–Crippen LogP) is 1.75. The standard InChI is InChI=1S/C12H6N4O5/c13-6-7-3-5-15-11(10(7)16(19)20)21-8-2-1-4-14-9(8)12(17)18/h1-5H,(H,17,18). The minimum absolute atomic E-state index is 0.212. The van der Waals surface area contributed by atoms with E-state index in [9.17, 15) is 14.9 Å². The Morgan fingerprint density at radius 1 is 1.38 bits per heavy atom. The zero-order chi connectivity index (χ0) is 15.4. The van der Waals surface area contributed by atoms with Crippen LogP contribution in [0.25, 0.3) is 0 Å². The highest BCUT2D eigenvalue weighted by Gasteiger charge is 2.25. The van der Waals surface area contributed by atoms with Gasteiger partial charge in [-0.05, 0) is 18.2 Å². The van der Waals surface area contributed by atoms with Crippen LogP contribution in [-0.2, 0) is 0 Å². The van der Waals surface area contributed by atoms with E-state index >= 15 is 0 Å². The van der Waals surface area contributed by atoms with E-state index in [4.69, 9.17) is 15.1 Å². The molecule has 0 saturated carbocycles. The van der Waals surface area contributed by atoms with E-state index in [1.807, 2.05) is 0 Å². The lowest BCUT2D eigenvalue weighted by atomic mass is 10.2. The van der Waals surface area contributed by atoms with Crippen LogP contribution in [0.15, 0.2) is 30.6 Å². The van der Waals surface area contributed by atoms with Crippen LogP contribution in [0.4, 0.5) is 5.69 Å². The number of hydrogen-bond donors (Lipinski definition) is 1. The number of ether oxygens (including phenoxy) is 1. The van der Waals surface area contributed by atoms with Crippen LogP contribution >= 0.6 is 0 Å². The Labute approximate surface area is 117 Å². The number of aromatic nitrogens is 2. The second-order valence-electron chi connectivity index (χ2n) is 3.64. The molecule has 2 aromatic rings. The minimum Gasteiger partial charge on any atom is -0.476 e. The average molecular weight is 286 g/mol. The lowest BCUT2D eigenvalue weighted by molar-refractivity contribution is -0.386. The number of carboxylic acid groups (broad SMARTS) is 1. The molecule has 0 aliphatic heterocycles. The van der Waals surface area contributed by atoms with Gasteiger partial charge in [0.15, 0.2) is 11.4 Å². The fourth-order valence-corrected chi connectivity index (χ4v) is 1.51. The Kier molecular flexibility index (Phi) is 3.71. The first-order valence-electron chi connectivity index (χ1n) is 5.44. The molecule has 0 atom stereocenters. The van der Waals surface area contributed by atoms with E-state index in [1.54, 1.807) is 6.07 Å². The van der Waals surface area contributed by atoms with Crippen molar-refractivity contribution < 1.29 is 19.6 Å². The summed E-state index contributed by atoms with van der Waals surface area (Å²) in [5.41, 5.74) is -1.30. The fraction of sp³-hybridized carbons (Fsp3) is 0. The predicted molar refractivity (Wildman–Crippen MR) is 66.9 cm³/mol. The highest BCUT2D eigenvalue weighted by atomic mass is 16.6. The van der Waals surface area contributed by atoms with Crippen molar-refractivity contribution in [2.24, 2.45) is 0 Å². The molecule has 0 radical (unpaired) electrons. The molecule has 0 amide bonds. The Hall–Kier alpha value is -3.54. The Morgan fingerprint density at radius 2 is 2.14 bits per heavy atom. The zero-order valence-electron chi connectivity index (χ0n) is 10.3. The van der Waals surface area contributed by atoms with Gasteiger partial charge < -0.3 is 9.84 Å². The Morgan fingerprint density at radius 3 is 2.76 bits per heavy atom. The van der Waals surface area contributed by atoms with Gasteiger partial charge in [-0.3, -0.25) is 10.1 Å². The maximum Gasteiger partial charge on any atom is 0.358 e. The number of aromatic carboxylic acids is 1. The molecular weight excluding hydrogens is 280 g/mol. The van der Waals surface area contributed by atoms with Crippen LogP contribution in [0, 0.1) is 21.4 Å². The van der Waals surface area contributed by atoms with E-state index < -0.39 is 28.2 Å². The molecule has 0 spiro atoms. The largest absolute Gasteiger partial charge is 0.476 e. The Bertz CT molecular complexity index is 768. The summed E-state index contributed by atoms with van der Waals surface area (Å²) in [5, 5.41) is 28.8. The number of rotatable bonds is 4. The van der Waals surface area contributed by atoms with Crippen molar-refractivity contribution in [3.8, 4) is 17.7 Å². The summed E-state index contributed by atoms with van der Waals surface area (Å²) in [6, 6.07) is 5.49. The third-order valence-electron chi connectivity index (χ3n) is 2.37. The fourth-order valence-electron chi connectivity index (χ4n) is 1.51. The van der Waals surface area contributed by atoms with Gasteiger partial charge in [0.25, 0.3) is 0 Å². The lowest BCUT2D eigenvalue weighted by Crippen LogP contribution is -2.05. The molecule has 1 N–H and O–H groups in total. The third-order valence-corrected chi connectivity index (χ3v) is 2.37. The number of carboxylic acids is 1. The molecule has 0 bridgehead atoms. The molecule has 9 heteroatoms. The summed E-state index contributed by atoms with van der Waals surface area (Å²) in [5.74, 6) is -2.05. The monoisotopic (exact) mass is 286 g/mol. The molecule has 0 aliphatic rings. The van der Waals surface area contributed by atoms with Gasteiger partial charge in [-0.25, -0.2) is 14.8 Å².